The summed E-state index contributed by atoms with van der Waals surface area (Å²) in [5.74, 6) is -1.26. The van der Waals surface area contributed by atoms with E-state index in [9.17, 15) is 18.4 Å². The molecule has 6 nitrogen and oxygen atoms in total. The lowest BCUT2D eigenvalue weighted by atomic mass is 10.0. The van der Waals surface area contributed by atoms with Gasteiger partial charge in [0.1, 0.15) is 17.7 Å². The molecule has 0 aliphatic carbocycles. The number of aromatic nitrogens is 2. The summed E-state index contributed by atoms with van der Waals surface area (Å²) >= 11 is 2.84. The molecule has 2 atom stereocenters. The van der Waals surface area contributed by atoms with E-state index in [0.717, 1.165) is 28.3 Å². The van der Waals surface area contributed by atoms with Gasteiger partial charge >= 0.3 is 0 Å². The summed E-state index contributed by atoms with van der Waals surface area (Å²) in [6, 6.07) is 12.3. The number of anilines is 1. The quantitative estimate of drug-likeness (QED) is 0.278. The number of benzene rings is 2. The van der Waals surface area contributed by atoms with Crippen molar-refractivity contribution in [3.05, 3.63) is 71.3 Å². The predicted molar refractivity (Wildman–Crippen MR) is 131 cm³/mol. The van der Waals surface area contributed by atoms with E-state index in [1.54, 1.807) is 11.8 Å². The van der Waals surface area contributed by atoms with Crippen LogP contribution in [0.1, 0.15) is 43.7 Å². The van der Waals surface area contributed by atoms with Gasteiger partial charge in [-0.3, -0.25) is 14.9 Å². The number of hydrogen-bond donors (Lipinski definition) is 2. The van der Waals surface area contributed by atoms with Gasteiger partial charge in [-0.05, 0) is 35.6 Å². The van der Waals surface area contributed by atoms with Crippen LogP contribution in [-0.2, 0) is 16.0 Å². The van der Waals surface area contributed by atoms with E-state index < -0.39 is 29.5 Å². The number of nitrogens with zero attached hydrogens (tertiary/aromatic N) is 2. The highest BCUT2D eigenvalue weighted by molar-refractivity contribution is 8.01. The molecule has 0 radical (unpaired) electrons. The Labute approximate surface area is 205 Å². The van der Waals surface area contributed by atoms with Crippen molar-refractivity contribution < 1.29 is 18.4 Å². The van der Waals surface area contributed by atoms with Crippen LogP contribution in [0.2, 0.25) is 0 Å². The van der Waals surface area contributed by atoms with E-state index in [1.807, 2.05) is 25.1 Å². The Morgan fingerprint density at radius 1 is 1.09 bits per heavy atom. The van der Waals surface area contributed by atoms with Crippen LogP contribution >= 0.6 is 23.1 Å². The lowest BCUT2D eigenvalue weighted by Crippen LogP contribution is -2.44. The van der Waals surface area contributed by atoms with Crippen LogP contribution < -0.4 is 10.6 Å². The Hall–Kier alpha value is -2.85. The summed E-state index contributed by atoms with van der Waals surface area (Å²) in [6.45, 7) is 4.03. The fraction of sp³-hybridized carbons (Fsp3) is 0.333. The Balaban J connectivity index is 1.53. The number of carbonyl (C=O) groups is 2. The Morgan fingerprint density at radius 2 is 1.79 bits per heavy atom. The first-order chi connectivity index (χ1) is 16.3. The van der Waals surface area contributed by atoms with Crippen molar-refractivity contribution >= 4 is 40.0 Å². The van der Waals surface area contributed by atoms with Crippen LogP contribution in [0.25, 0.3) is 0 Å². The number of carbonyl (C=O) groups excluding carboxylic acids is 2. The lowest BCUT2D eigenvalue weighted by Gasteiger charge is -2.17. The highest BCUT2D eigenvalue weighted by Crippen LogP contribution is 2.30. The van der Waals surface area contributed by atoms with Gasteiger partial charge in [0.05, 0.1) is 6.42 Å². The van der Waals surface area contributed by atoms with E-state index in [1.165, 1.54) is 16.9 Å². The zero-order valence-corrected chi connectivity index (χ0v) is 20.5. The summed E-state index contributed by atoms with van der Waals surface area (Å²) in [6.07, 6.45) is 0.826. The first-order valence-electron chi connectivity index (χ1n) is 10.9. The number of rotatable bonds is 11. The third-order valence-corrected chi connectivity index (χ3v) is 7.21. The van der Waals surface area contributed by atoms with Crippen LogP contribution in [0.5, 0.6) is 0 Å². The van der Waals surface area contributed by atoms with Crippen molar-refractivity contribution in [2.24, 2.45) is 0 Å². The average Bonchev–Trinajstić information content (AvgIpc) is 3.24. The number of halogens is 2. The zero-order valence-electron chi connectivity index (χ0n) is 18.9. The molecule has 10 heteroatoms. The van der Waals surface area contributed by atoms with Gasteiger partial charge < -0.3 is 5.32 Å². The number of thioether (sulfide) groups is 1. The van der Waals surface area contributed by atoms with Crippen molar-refractivity contribution in [2.75, 3.05) is 11.1 Å². The summed E-state index contributed by atoms with van der Waals surface area (Å²) < 4.78 is 27.5. The maximum atomic E-state index is 13.4. The molecule has 0 spiro atoms. The molecule has 34 heavy (non-hydrogen) atoms. The Bertz CT molecular complexity index is 1090. The molecule has 0 fully saturated rings. The van der Waals surface area contributed by atoms with E-state index in [2.05, 4.69) is 39.9 Å². The van der Waals surface area contributed by atoms with Crippen molar-refractivity contribution in [1.29, 1.82) is 0 Å². The van der Waals surface area contributed by atoms with Crippen molar-refractivity contribution in [1.82, 2.24) is 15.5 Å². The second-order valence-corrected chi connectivity index (χ2v) is 10.1. The van der Waals surface area contributed by atoms with Crippen LogP contribution in [0.4, 0.5) is 13.9 Å². The largest absolute Gasteiger partial charge is 0.344 e. The minimum atomic E-state index is -0.797. The maximum absolute atomic E-state index is 13.4. The summed E-state index contributed by atoms with van der Waals surface area (Å²) in [4.78, 5) is 25.1. The molecule has 2 N–H and O–H groups in total. The summed E-state index contributed by atoms with van der Waals surface area (Å²) in [7, 11) is 0. The second-order valence-electron chi connectivity index (χ2n) is 7.85. The topological polar surface area (TPSA) is 84.0 Å². The van der Waals surface area contributed by atoms with Crippen LogP contribution in [-0.4, -0.2) is 33.8 Å². The van der Waals surface area contributed by atoms with Gasteiger partial charge in [-0.2, -0.15) is 0 Å². The Morgan fingerprint density at radius 3 is 2.47 bits per heavy atom. The van der Waals surface area contributed by atoms with Gasteiger partial charge in [0.15, 0.2) is 4.34 Å². The SMILES string of the molecule is CCCC(NC(=O)Cc1cc(F)cc(F)c1)C(=O)Nc1nnc(SCC(C)c2ccccc2)s1. The average molecular weight is 505 g/mol. The number of amides is 2. The molecule has 0 aliphatic rings. The molecular formula is C24H26F2N4O2S2. The summed E-state index contributed by atoms with van der Waals surface area (Å²) in [5.41, 5.74) is 1.44. The lowest BCUT2D eigenvalue weighted by molar-refractivity contribution is -0.126. The van der Waals surface area contributed by atoms with E-state index in [-0.39, 0.29) is 12.0 Å². The third kappa shape index (κ3) is 7.88. The molecule has 2 unspecified atom stereocenters. The van der Waals surface area contributed by atoms with Gasteiger partial charge in [-0.1, -0.05) is 73.7 Å². The van der Waals surface area contributed by atoms with Crippen LogP contribution in [0, 0.1) is 11.6 Å². The smallest absolute Gasteiger partial charge is 0.248 e. The predicted octanol–water partition coefficient (Wildman–Crippen LogP) is 5.18. The van der Waals surface area contributed by atoms with Gasteiger partial charge in [-0.15, -0.1) is 10.2 Å². The Kier molecular flexibility index (Phi) is 9.52. The molecular weight excluding hydrogens is 478 g/mol. The zero-order chi connectivity index (χ0) is 24.5. The van der Waals surface area contributed by atoms with Gasteiger partial charge in [0.25, 0.3) is 0 Å². The van der Waals surface area contributed by atoms with E-state index in [0.29, 0.717) is 23.9 Å². The monoisotopic (exact) mass is 504 g/mol. The molecule has 3 rings (SSSR count). The van der Waals surface area contributed by atoms with Crippen molar-refractivity contribution in [3.8, 4) is 0 Å². The van der Waals surface area contributed by atoms with Crippen LogP contribution in [0.3, 0.4) is 0 Å². The second kappa shape index (κ2) is 12.6. The minimum absolute atomic E-state index is 0.196. The highest BCUT2D eigenvalue weighted by atomic mass is 32.2. The fourth-order valence-electron chi connectivity index (χ4n) is 3.29. The molecule has 0 saturated carbocycles. The molecule has 1 aromatic heterocycles. The molecule has 180 valence electrons. The minimum Gasteiger partial charge on any atom is -0.344 e. The maximum Gasteiger partial charge on any atom is 0.248 e. The van der Waals surface area contributed by atoms with Crippen molar-refractivity contribution in [3.63, 3.8) is 0 Å². The highest BCUT2D eigenvalue weighted by Gasteiger charge is 2.22. The van der Waals surface area contributed by atoms with E-state index >= 15 is 0 Å². The van der Waals surface area contributed by atoms with Gasteiger partial charge in [-0.25, -0.2) is 8.78 Å². The van der Waals surface area contributed by atoms with Gasteiger partial charge in [0, 0.05) is 11.8 Å². The molecule has 3 aromatic rings. The number of hydrogen-bond acceptors (Lipinski definition) is 6. The van der Waals surface area contributed by atoms with Crippen LogP contribution in [0.15, 0.2) is 52.9 Å². The normalized spacial score (nSPS) is 12.7. The first-order valence-corrected chi connectivity index (χ1v) is 12.7. The summed E-state index contributed by atoms with van der Waals surface area (Å²) in [5, 5.41) is 13.9. The standard InChI is InChI=1S/C24H26F2N4O2S2/c1-3-7-20(27-21(31)12-16-10-18(25)13-19(26)11-16)22(32)28-23-29-30-24(34-23)33-14-15(2)17-8-5-4-6-9-17/h4-6,8-11,13,15,20H,3,7,12,14H2,1-2H3,(H,27,31)(H,28,29,32). The molecule has 0 bridgehead atoms. The van der Waals surface area contributed by atoms with E-state index in [4.69, 9.17) is 0 Å². The van der Waals surface area contributed by atoms with Crippen molar-refractivity contribution in [2.45, 2.75) is 49.4 Å². The number of nitrogens with one attached hydrogen (secondary N) is 2. The fourth-order valence-corrected chi connectivity index (χ4v) is 5.13. The molecule has 1 heterocycles. The molecule has 0 aliphatic heterocycles. The molecule has 2 aromatic carbocycles. The third-order valence-electron chi connectivity index (χ3n) is 4.98. The first kappa shape index (κ1) is 25.8. The van der Waals surface area contributed by atoms with Gasteiger partial charge in [0.2, 0.25) is 16.9 Å². The molecule has 2 amide bonds. The molecule has 0 saturated heterocycles.